The Balaban J connectivity index is 1.16. The summed E-state index contributed by atoms with van der Waals surface area (Å²) in [6.45, 7) is 1.11. The molecule has 4 atom stereocenters. The van der Waals surface area contributed by atoms with E-state index in [1.807, 2.05) is 19.1 Å². The van der Waals surface area contributed by atoms with Crippen molar-refractivity contribution in [3.8, 4) is 11.3 Å². The summed E-state index contributed by atoms with van der Waals surface area (Å²) in [5.74, 6) is -1.85. The van der Waals surface area contributed by atoms with E-state index in [0.29, 0.717) is 28.9 Å². The van der Waals surface area contributed by atoms with Gasteiger partial charge in [-0.3, -0.25) is 9.59 Å². The predicted octanol–water partition coefficient (Wildman–Crippen LogP) is 6.13. The van der Waals surface area contributed by atoms with Crippen LogP contribution in [0.5, 0.6) is 0 Å². The number of carbonyl (C=O) groups is 2. The molecule has 0 radical (unpaired) electrons. The maximum Gasteiger partial charge on any atom is 0.273 e. The van der Waals surface area contributed by atoms with Gasteiger partial charge in [0.05, 0.1) is 24.8 Å². The monoisotopic (exact) mass is 591 g/mol. The Kier molecular flexibility index (Phi) is 6.70. The summed E-state index contributed by atoms with van der Waals surface area (Å²) in [5.41, 5.74) is 3.96. The van der Waals surface area contributed by atoms with E-state index < -0.39 is 36.8 Å². The van der Waals surface area contributed by atoms with E-state index in [2.05, 4.69) is 15.4 Å². The van der Waals surface area contributed by atoms with E-state index >= 15 is 8.78 Å². The van der Waals surface area contributed by atoms with Crippen LogP contribution in [0.15, 0.2) is 54.6 Å². The van der Waals surface area contributed by atoms with E-state index in [9.17, 15) is 18.4 Å². The maximum absolute atomic E-state index is 15.4. The number of hydrogen-bond donors (Lipinski definition) is 1. The molecule has 2 fully saturated rings. The van der Waals surface area contributed by atoms with Crippen LogP contribution in [-0.4, -0.2) is 50.8 Å². The van der Waals surface area contributed by atoms with Crippen molar-refractivity contribution < 1.29 is 27.2 Å². The molecule has 222 valence electrons. The first-order valence-electron chi connectivity index (χ1n) is 14.5. The fourth-order valence-electron chi connectivity index (χ4n) is 6.22. The lowest BCUT2D eigenvalue weighted by atomic mass is 9.92. The average Bonchev–Trinajstić information content (AvgIpc) is 3.93. The van der Waals surface area contributed by atoms with Gasteiger partial charge in [0.2, 0.25) is 5.91 Å². The number of alkyl halides is 3. The fourth-order valence-corrected chi connectivity index (χ4v) is 6.22. The Morgan fingerprint density at radius 3 is 2.56 bits per heavy atom. The second-order valence-electron chi connectivity index (χ2n) is 11.7. The maximum atomic E-state index is 15.4. The molecule has 3 aliphatic rings. The van der Waals surface area contributed by atoms with Crippen LogP contribution in [-0.2, 0) is 4.79 Å². The molecule has 7 rings (SSSR count). The van der Waals surface area contributed by atoms with Gasteiger partial charge in [0.15, 0.2) is 5.65 Å². The van der Waals surface area contributed by atoms with Crippen molar-refractivity contribution in [3.05, 3.63) is 88.5 Å². The SMILES string of the molecule is C[C@@H]1c2ccccc2[C@@H](F)CN1C(=O)c1cc(C2CC2)n2nc(-c3ccc([C@H]4C[C@@H]4C(=O)NCC(F)F)cc3F)cc2n1. The molecule has 4 aromatic rings. The molecule has 0 saturated heterocycles. The van der Waals surface area contributed by atoms with Crippen molar-refractivity contribution >= 4 is 17.5 Å². The summed E-state index contributed by atoms with van der Waals surface area (Å²) >= 11 is 0. The number of nitrogens with zero attached hydrogens (tertiary/aromatic N) is 4. The highest BCUT2D eigenvalue weighted by atomic mass is 19.3. The third-order valence-electron chi connectivity index (χ3n) is 8.79. The molecule has 1 N–H and O–H groups in total. The van der Waals surface area contributed by atoms with Gasteiger partial charge in [0, 0.05) is 29.2 Å². The number of hydrogen-bond acceptors (Lipinski definition) is 4. The molecule has 43 heavy (non-hydrogen) atoms. The third-order valence-corrected chi connectivity index (χ3v) is 8.79. The highest BCUT2D eigenvalue weighted by molar-refractivity contribution is 5.93. The first-order valence-corrected chi connectivity index (χ1v) is 14.5. The van der Waals surface area contributed by atoms with Crippen LogP contribution in [0.3, 0.4) is 0 Å². The molecule has 7 nitrogen and oxygen atoms in total. The van der Waals surface area contributed by atoms with Crippen LogP contribution in [0.4, 0.5) is 17.6 Å². The lowest BCUT2D eigenvalue weighted by molar-refractivity contribution is -0.123. The van der Waals surface area contributed by atoms with Gasteiger partial charge < -0.3 is 10.2 Å². The van der Waals surface area contributed by atoms with Crippen LogP contribution < -0.4 is 5.32 Å². The molecule has 2 aromatic heterocycles. The van der Waals surface area contributed by atoms with Gasteiger partial charge in [-0.2, -0.15) is 5.10 Å². The predicted molar refractivity (Wildman–Crippen MR) is 150 cm³/mol. The number of amides is 2. The van der Waals surface area contributed by atoms with Crippen LogP contribution in [0, 0.1) is 11.7 Å². The van der Waals surface area contributed by atoms with Crippen molar-refractivity contribution in [3.63, 3.8) is 0 Å². The summed E-state index contributed by atoms with van der Waals surface area (Å²) < 4.78 is 57.0. The standard InChI is InChI=1S/C32H29F4N5O2/c1-16-19-4-2-3-5-20(19)25(34)15-40(16)32(43)27-12-28(17-6-7-17)41-30(38-27)13-26(39-41)21-9-8-18(10-24(21)33)22-11-23(22)31(42)37-14-29(35)36/h2-5,8-10,12-13,16-17,22-23,25,29H,6-7,11,14-15H2,1H3,(H,37,42)/t16-,22-,23+,25+/m1/s1. The van der Waals surface area contributed by atoms with Crippen molar-refractivity contribution in [1.29, 1.82) is 0 Å². The molecule has 0 bridgehead atoms. The first-order chi connectivity index (χ1) is 20.7. The van der Waals surface area contributed by atoms with Crippen molar-refractivity contribution in [2.45, 2.75) is 56.7 Å². The smallest absolute Gasteiger partial charge is 0.273 e. The topological polar surface area (TPSA) is 79.6 Å². The van der Waals surface area contributed by atoms with Gasteiger partial charge in [-0.15, -0.1) is 0 Å². The Morgan fingerprint density at radius 2 is 1.84 bits per heavy atom. The van der Waals surface area contributed by atoms with E-state index in [1.165, 1.54) is 11.0 Å². The minimum Gasteiger partial charge on any atom is -0.350 e. The normalized spacial score (nSPS) is 23.0. The highest BCUT2D eigenvalue weighted by Gasteiger charge is 2.44. The molecule has 1 aliphatic heterocycles. The summed E-state index contributed by atoms with van der Waals surface area (Å²) in [6, 6.07) is 14.9. The largest absolute Gasteiger partial charge is 0.350 e. The Morgan fingerprint density at radius 1 is 1.07 bits per heavy atom. The lowest BCUT2D eigenvalue weighted by Crippen LogP contribution is -2.40. The molecule has 2 aliphatic carbocycles. The van der Waals surface area contributed by atoms with Crippen LogP contribution in [0.25, 0.3) is 16.9 Å². The minimum absolute atomic E-state index is 0.0690. The second-order valence-corrected chi connectivity index (χ2v) is 11.7. The quantitative estimate of drug-likeness (QED) is 0.263. The Bertz CT molecular complexity index is 1750. The van der Waals surface area contributed by atoms with Crippen LogP contribution in [0.1, 0.15) is 83.1 Å². The van der Waals surface area contributed by atoms with E-state index in [-0.39, 0.29) is 41.6 Å². The molecule has 11 heteroatoms. The number of rotatable bonds is 7. The first kappa shape index (κ1) is 27.5. The van der Waals surface area contributed by atoms with Gasteiger partial charge in [-0.25, -0.2) is 27.1 Å². The number of benzene rings is 2. The van der Waals surface area contributed by atoms with Gasteiger partial charge in [-0.1, -0.05) is 30.3 Å². The molecule has 2 amide bonds. The Labute approximate surface area is 244 Å². The van der Waals surface area contributed by atoms with E-state index in [1.54, 1.807) is 40.9 Å². The molecule has 0 unspecified atom stereocenters. The van der Waals surface area contributed by atoms with Gasteiger partial charge in [0.1, 0.15) is 17.7 Å². The van der Waals surface area contributed by atoms with Gasteiger partial charge in [0.25, 0.3) is 12.3 Å². The highest BCUT2D eigenvalue weighted by Crippen LogP contribution is 2.48. The van der Waals surface area contributed by atoms with E-state index in [0.717, 1.165) is 24.1 Å². The average molecular weight is 592 g/mol. The summed E-state index contributed by atoms with van der Waals surface area (Å²) in [4.78, 5) is 32.0. The molecular formula is C32H29F4N5O2. The number of carbonyl (C=O) groups excluding carboxylic acids is 2. The van der Waals surface area contributed by atoms with Gasteiger partial charge in [-0.05, 0) is 67.0 Å². The fraction of sp³-hybridized carbons (Fsp3) is 0.375. The second kappa shape index (κ2) is 10.5. The van der Waals surface area contributed by atoms with Crippen LogP contribution >= 0.6 is 0 Å². The van der Waals surface area contributed by atoms with E-state index in [4.69, 9.17) is 0 Å². The van der Waals surface area contributed by atoms with Crippen molar-refractivity contribution in [2.24, 2.45) is 5.92 Å². The zero-order chi connectivity index (χ0) is 30.0. The zero-order valence-electron chi connectivity index (χ0n) is 23.3. The molecule has 2 aromatic carbocycles. The van der Waals surface area contributed by atoms with Crippen molar-refractivity contribution in [1.82, 2.24) is 24.8 Å². The summed E-state index contributed by atoms with van der Waals surface area (Å²) in [5, 5.41) is 6.87. The number of aromatic nitrogens is 3. The van der Waals surface area contributed by atoms with Crippen LogP contribution in [0.2, 0.25) is 0 Å². The number of halogens is 4. The molecule has 0 spiro atoms. The molecular weight excluding hydrogens is 562 g/mol. The Hall–Kier alpha value is -4.28. The lowest BCUT2D eigenvalue weighted by Gasteiger charge is -2.36. The number of fused-ring (bicyclic) bond motifs is 2. The summed E-state index contributed by atoms with van der Waals surface area (Å²) in [7, 11) is 0. The van der Waals surface area contributed by atoms with Gasteiger partial charge >= 0.3 is 0 Å². The zero-order valence-corrected chi connectivity index (χ0v) is 23.3. The molecule has 2 saturated carbocycles. The number of nitrogens with one attached hydrogen (secondary N) is 1. The molecule has 3 heterocycles. The summed E-state index contributed by atoms with van der Waals surface area (Å²) in [6.07, 6.45) is -1.59. The third kappa shape index (κ3) is 5.04. The minimum atomic E-state index is -2.62. The van der Waals surface area contributed by atoms with Crippen molar-refractivity contribution in [2.75, 3.05) is 13.1 Å².